The molecule has 0 radical (unpaired) electrons. The lowest BCUT2D eigenvalue weighted by molar-refractivity contribution is -0.116. The molecule has 0 saturated carbocycles. The average molecular weight is 449 g/mol. The fourth-order valence-electron chi connectivity index (χ4n) is 3.10. The smallest absolute Gasteiger partial charge is 0.264 e. The van der Waals surface area contributed by atoms with E-state index in [4.69, 9.17) is 10.3 Å². The Balaban J connectivity index is 1.57. The van der Waals surface area contributed by atoms with Crippen LogP contribution in [0.1, 0.15) is 17.3 Å². The molecule has 162 valence electrons. The van der Waals surface area contributed by atoms with E-state index in [9.17, 15) is 9.59 Å². The number of hydrogen-bond acceptors (Lipinski definition) is 8. The number of ketones is 1. The molecule has 0 aliphatic heterocycles. The fourth-order valence-corrected chi connectivity index (χ4v) is 3.67. The van der Waals surface area contributed by atoms with Gasteiger partial charge in [0.2, 0.25) is 11.7 Å². The van der Waals surface area contributed by atoms with Gasteiger partial charge in [0.25, 0.3) is 5.89 Å². The largest absolute Gasteiger partial charge is 0.383 e. The molecule has 0 bridgehead atoms. The van der Waals surface area contributed by atoms with Crippen LogP contribution < -0.4 is 11.1 Å². The molecule has 4 rings (SSSR count). The zero-order valence-electron chi connectivity index (χ0n) is 17.4. The summed E-state index contributed by atoms with van der Waals surface area (Å²) in [5.74, 6) is 0.482. The minimum atomic E-state index is -0.338. The summed E-state index contributed by atoms with van der Waals surface area (Å²) in [4.78, 5) is 28.6. The standard InChI is InChI=1S/C22H20N6O3S/c1-13(29)15-9-6-10-16(11-15)24-17(30)12-28-19(23)18(22(26-28)32-2)21-25-20(27-31-21)14-7-4-3-5-8-14/h3-11H,12,23H2,1-2H3,(H,24,30). The molecule has 0 saturated heterocycles. The van der Waals surface area contributed by atoms with Crippen molar-refractivity contribution < 1.29 is 14.1 Å². The molecule has 1 amide bonds. The molecule has 4 aromatic rings. The van der Waals surface area contributed by atoms with Gasteiger partial charge in [0.15, 0.2) is 5.78 Å². The maximum atomic E-state index is 12.6. The van der Waals surface area contributed by atoms with Crippen LogP contribution in [-0.4, -0.2) is 37.9 Å². The third-order valence-electron chi connectivity index (χ3n) is 4.67. The van der Waals surface area contributed by atoms with Crippen LogP contribution in [0.2, 0.25) is 0 Å². The van der Waals surface area contributed by atoms with Crippen molar-refractivity contribution in [3.05, 3.63) is 60.2 Å². The first-order valence-electron chi connectivity index (χ1n) is 9.67. The Hall–Kier alpha value is -3.92. The van der Waals surface area contributed by atoms with Crippen LogP contribution in [0.5, 0.6) is 0 Å². The Kier molecular flexibility index (Phi) is 6.04. The van der Waals surface area contributed by atoms with Crippen molar-refractivity contribution in [2.24, 2.45) is 0 Å². The van der Waals surface area contributed by atoms with Crippen molar-refractivity contribution in [2.45, 2.75) is 18.5 Å². The number of nitrogens with two attached hydrogens (primary N) is 1. The molecule has 9 nitrogen and oxygen atoms in total. The number of carbonyl (C=O) groups is 2. The molecule has 2 aromatic heterocycles. The third-order valence-corrected chi connectivity index (χ3v) is 5.34. The lowest BCUT2D eigenvalue weighted by Gasteiger charge is -2.07. The second kappa shape index (κ2) is 9.06. The number of rotatable bonds is 7. The van der Waals surface area contributed by atoms with Crippen molar-refractivity contribution in [2.75, 3.05) is 17.3 Å². The van der Waals surface area contributed by atoms with E-state index in [1.165, 1.54) is 23.4 Å². The Labute approximate surface area is 188 Å². The maximum absolute atomic E-state index is 12.6. The quantitative estimate of drug-likeness (QED) is 0.323. The van der Waals surface area contributed by atoms with E-state index in [0.29, 0.717) is 27.7 Å². The van der Waals surface area contributed by atoms with E-state index in [2.05, 4.69) is 20.6 Å². The zero-order chi connectivity index (χ0) is 22.7. The van der Waals surface area contributed by atoms with Gasteiger partial charge in [0.05, 0.1) is 0 Å². The molecule has 0 aliphatic rings. The van der Waals surface area contributed by atoms with Gasteiger partial charge in [-0.05, 0) is 25.3 Å². The van der Waals surface area contributed by atoms with Gasteiger partial charge < -0.3 is 15.6 Å². The summed E-state index contributed by atoms with van der Waals surface area (Å²) in [6.07, 6.45) is 1.84. The predicted molar refractivity (Wildman–Crippen MR) is 122 cm³/mol. The van der Waals surface area contributed by atoms with E-state index in [0.717, 1.165) is 5.56 Å². The van der Waals surface area contributed by atoms with Crippen molar-refractivity contribution in [3.8, 4) is 22.8 Å². The highest BCUT2D eigenvalue weighted by molar-refractivity contribution is 7.98. The summed E-state index contributed by atoms with van der Waals surface area (Å²) in [7, 11) is 0. The molecule has 2 heterocycles. The number of aromatic nitrogens is 4. The van der Waals surface area contributed by atoms with E-state index >= 15 is 0 Å². The molecule has 32 heavy (non-hydrogen) atoms. The summed E-state index contributed by atoms with van der Waals surface area (Å²) in [6, 6.07) is 16.1. The first-order chi connectivity index (χ1) is 15.5. The van der Waals surface area contributed by atoms with Gasteiger partial charge in [0.1, 0.15) is 23.0 Å². The van der Waals surface area contributed by atoms with Gasteiger partial charge >= 0.3 is 0 Å². The number of Topliss-reactive ketones (excluding diaryl/α,β-unsaturated/α-hetero) is 1. The lowest BCUT2D eigenvalue weighted by Crippen LogP contribution is -2.20. The number of thioether (sulfide) groups is 1. The number of nitrogen functional groups attached to an aromatic ring is 1. The van der Waals surface area contributed by atoms with Crippen LogP contribution in [-0.2, 0) is 11.3 Å². The van der Waals surface area contributed by atoms with Gasteiger partial charge in [-0.15, -0.1) is 11.8 Å². The zero-order valence-corrected chi connectivity index (χ0v) is 18.2. The maximum Gasteiger partial charge on any atom is 0.264 e. The first kappa shape index (κ1) is 21.3. The number of nitrogens with one attached hydrogen (secondary N) is 1. The fraction of sp³-hybridized carbons (Fsp3) is 0.136. The third kappa shape index (κ3) is 4.40. The van der Waals surface area contributed by atoms with Gasteiger partial charge in [0, 0.05) is 16.8 Å². The number of hydrogen-bond donors (Lipinski definition) is 2. The number of amides is 1. The summed E-state index contributed by atoms with van der Waals surface area (Å²) in [5, 5.41) is 11.8. The highest BCUT2D eigenvalue weighted by Gasteiger charge is 2.23. The minimum absolute atomic E-state index is 0.0823. The molecule has 2 aromatic carbocycles. The Bertz CT molecular complexity index is 1280. The highest BCUT2D eigenvalue weighted by atomic mass is 32.2. The molecule has 0 spiro atoms. The highest BCUT2D eigenvalue weighted by Crippen LogP contribution is 2.34. The lowest BCUT2D eigenvalue weighted by atomic mass is 10.1. The molecular weight excluding hydrogens is 428 g/mol. The SMILES string of the molecule is CSc1nn(CC(=O)Nc2cccc(C(C)=O)c2)c(N)c1-c1nc(-c2ccccc2)no1. The monoisotopic (exact) mass is 448 g/mol. The van der Waals surface area contributed by atoms with Gasteiger partial charge in [-0.3, -0.25) is 9.59 Å². The number of benzene rings is 2. The van der Waals surface area contributed by atoms with E-state index in [1.54, 1.807) is 24.3 Å². The summed E-state index contributed by atoms with van der Waals surface area (Å²) in [6.45, 7) is 1.35. The van der Waals surface area contributed by atoms with E-state index in [1.807, 2.05) is 36.6 Å². The Morgan fingerprint density at radius 3 is 2.66 bits per heavy atom. The van der Waals surface area contributed by atoms with Crippen molar-refractivity contribution in [1.29, 1.82) is 0 Å². The molecule has 0 aliphatic carbocycles. The molecule has 3 N–H and O–H groups in total. The summed E-state index contributed by atoms with van der Waals surface area (Å²) < 4.78 is 6.82. The summed E-state index contributed by atoms with van der Waals surface area (Å²) in [5.41, 5.74) is 8.63. The van der Waals surface area contributed by atoms with Crippen LogP contribution in [0.3, 0.4) is 0 Å². The molecule has 0 unspecified atom stereocenters. The van der Waals surface area contributed by atoms with Crippen molar-refractivity contribution in [1.82, 2.24) is 19.9 Å². The average Bonchev–Trinajstić information content (AvgIpc) is 3.39. The predicted octanol–water partition coefficient (Wildman–Crippen LogP) is 3.75. The van der Waals surface area contributed by atoms with Crippen molar-refractivity contribution in [3.63, 3.8) is 0 Å². The van der Waals surface area contributed by atoms with Crippen LogP contribution in [0.15, 0.2) is 64.1 Å². The second-order valence-electron chi connectivity index (χ2n) is 6.90. The molecule has 0 atom stereocenters. The van der Waals surface area contributed by atoms with E-state index < -0.39 is 0 Å². The number of carbonyl (C=O) groups excluding carboxylic acids is 2. The minimum Gasteiger partial charge on any atom is -0.383 e. The van der Waals surface area contributed by atoms with Gasteiger partial charge in [-0.2, -0.15) is 10.1 Å². The molecular formula is C22H20N6O3S. The first-order valence-corrected chi connectivity index (χ1v) is 10.9. The van der Waals surface area contributed by atoms with Crippen LogP contribution in [0.4, 0.5) is 11.5 Å². The number of nitrogens with zero attached hydrogens (tertiary/aromatic N) is 4. The second-order valence-corrected chi connectivity index (χ2v) is 7.70. The number of anilines is 2. The Morgan fingerprint density at radius 2 is 1.94 bits per heavy atom. The molecule has 10 heteroatoms. The topological polar surface area (TPSA) is 129 Å². The van der Waals surface area contributed by atoms with Crippen LogP contribution in [0, 0.1) is 0 Å². The summed E-state index contributed by atoms with van der Waals surface area (Å²) >= 11 is 1.36. The Morgan fingerprint density at radius 1 is 1.16 bits per heavy atom. The van der Waals surface area contributed by atoms with Crippen LogP contribution >= 0.6 is 11.8 Å². The van der Waals surface area contributed by atoms with E-state index in [-0.39, 0.29) is 29.9 Å². The van der Waals surface area contributed by atoms with Gasteiger partial charge in [-0.25, -0.2) is 4.68 Å². The van der Waals surface area contributed by atoms with Crippen LogP contribution in [0.25, 0.3) is 22.8 Å². The van der Waals surface area contributed by atoms with Crippen molar-refractivity contribution >= 4 is 35.0 Å². The normalized spacial score (nSPS) is 10.8. The van der Waals surface area contributed by atoms with Gasteiger partial charge in [-0.1, -0.05) is 47.6 Å². The molecule has 0 fully saturated rings.